The van der Waals surface area contributed by atoms with Gasteiger partial charge in [0.1, 0.15) is 5.01 Å². The molecule has 5 nitrogen and oxygen atoms in total. The standard InChI is InChI=1S/C12H20N4OS/c1-12(2,3)10-15-16-11(18-10)14-9(17)8-6-4-5-7-13-8/h8,13H,4-7H2,1-3H3,(H,14,16,17). The Morgan fingerprint density at radius 2 is 2.17 bits per heavy atom. The van der Waals surface area contributed by atoms with Gasteiger partial charge in [0.15, 0.2) is 0 Å². The maximum absolute atomic E-state index is 12.0. The Morgan fingerprint density at radius 1 is 1.39 bits per heavy atom. The van der Waals surface area contributed by atoms with Crippen molar-refractivity contribution in [2.24, 2.45) is 0 Å². The van der Waals surface area contributed by atoms with Crippen LogP contribution in [0.4, 0.5) is 5.13 Å². The lowest BCUT2D eigenvalue weighted by Gasteiger charge is -2.21. The van der Waals surface area contributed by atoms with E-state index in [4.69, 9.17) is 0 Å². The van der Waals surface area contributed by atoms with Crippen LogP contribution >= 0.6 is 11.3 Å². The van der Waals surface area contributed by atoms with Gasteiger partial charge in [0.25, 0.3) is 0 Å². The minimum atomic E-state index is -0.0827. The molecule has 0 saturated carbocycles. The smallest absolute Gasteiger partial charge is 0.243 e. The van der Waals surface area contributed by atoms with E-state index in [1.807, 2.05) is 0 Å². The highest BCUT2D eigenvalue weighted by molar-refractivity contribution is 7.15. The van der Waals surface area contributed by atoms with Gasteiger partial charge in [-0.1, -0.05) is 38.5 Å². The minimum Gasteiger partial charge on any atom is -0.306 e. The second-order valence-corrected chi connectivity index (χ2v) is 6.63. The zero-order valence-corrected chi connectivity index (χ0v) is 11.9. The van der Waals surface area contributed by atoms with Gasteiger partial charge in [0.05, 0.1) is 6.04 Å². The number of anilines is 1. The number of carbonyl (C=O) groups is 1. The maximum atomic E-state index is 12.0. The zero-order chi connectivity index (χ0) is 13.2. The minimum absolute atomic E-state index is 0.00584. The average molecular weight is 268 g/mol. The number of rotatable bonds is 2. The molecule has 0 radical (unpaired) electrons. The molecule has 1 unspecified atom stereocenters. The molecule has 0 bridgehead atoms. The van der Waals surface area contributed by atoms with Crippen LogP contribution in [-0.2, 0) is 10.2 Å². The maximum Gasteiger partial charge on any atom is 0.243 e. The summed E-state index contributed by atoms with van der Waals surface area (Å²) in [6.45, 7) is 7.17. The molecule has 2 heterocycles. The van der Waals surface area contributed by atoms with Gasteiger partial charge in [0.2, 0.25) is 11.0 Å². The van der Waals surface area contributed by atoms with Gasteiger partial charge in [-0.3, -0.25) is 10.1 Å². The van der Waals surface area contributed by atoms with Gasteiger partial charge in [-0.25, -0.2) is 0 Å². The van der Waals surface area contributed by atoms with E-state index in [1.165, 1.54) is 11.3 Å². The number of aromatic nitrogens is 2. The predicted molar refractivity (Wildman–Crippen MR) is 72.9 cm³/mol. The molecule has 6 heteroatoms. The van der Waals surface area contributed by atoms with Crippen LogP contribution < -0.4 is 10.6 Å². The van der Waals surface area contributed by atoms with Crippen LogP contribution in [0.2, 0.25) is 0 Å². The van der Waals surface area contributed by atoms with E-state index >= 15 is 0 Å². The molecule has 18 heavy (non-hydrogen) atoms. The highest BCUT2D eigenvalue weighted by Gasteiger charge is 2.23. The van der Waals surface area contributed by atoms with Crippen molar-refractivity contribution >= 4 is 22.4 Å². The summed E-state index contributed by atoms with van der Waals surface area (Å²) in [4.78, 5) is 12.0. The highest BCUT2D eigenvalue weighted by Crippen LogP contribution is 2.27. The summed E-state index contributed by atoms with van der Waals surface area (Å²) in [6.07, 6.45) is 3.15. The molecule has 0 aromatic carbocycles. The second kappa shape index (κ2) is 5.32. The third kappa shape index (κ3) is 3.26. The molecule has 1 aliphatic rings. The van der Waals surface area contributed by atoms with Crippen LogP contribution in [0.15, 0.2) is 0 Å². The monoisotopic (exact) mass is 268 g/mol. The number of nitrogens with one attached hydrogen (secondary N) is 2. The Labute approximate surface area is 111 Å². The van der Waals surface area contributed by atoms with Crippen LogP contribution in [0.3, 0.4) is 0 Å². The van der Waals surface area contributed by atoms with Gasteiger partial charge in [-0.15, -0.1) is 10.2 Å². The predicted octanol–water partition coefficient (Wildman–Crippen LogP) is 1.92. The topological polar surface area (TPSA) is 66.9 Å². The van der Waals surface area contributed by atoms with Gasteiger partial charge in [-0.05, 0) is 19.4 Å². The number of nitrogens with zero attached hydrogens (tertiary/aromatic N) is 2. The third-order valence-corrected chi connectivity index (χ3v) is 4.19. The van der Waals surface area contributed by atoms with Crippen molar-refractivity contribution in [3.63, 3.8) is 0 Å². The number of carbonyl (C=O) groups excluding carboxylic acids is 1. The van der Waals surface area contributed by atoms with Crippen LogP contribution in [0.5, 0.6) is 0 Å². The SMILES string of the molecule is CC(C)(C)c1nnc(NC(=O)C2CCCCN2)s1. The first kappa shape index (κ1) is 13.4. The number of hydrogen-bond donors (Lipinski definition) is 2. The van der Waals surface area contributed by atoms with Crippen molar-refractivity contribution in [1.82, 2.24) is 15.5 Å². The van der Waals surface area contributed by atoms with Crippen LogP contribution in [0.1, 0.15) is 45.0 Å². The van der Waals surface area contributed by atoms with Gasteiger partial charge < -0.3 is 5.32 Å². The molecule has 2 rings (SSSR count). The summed E-state index contributed by atoms with van der Waals surface area (Å²) in [5.74, 6) is 0.00584. The summed E-state index contributed by atoms with van der Waals surface area (Å²) in [6, 6.07) is -0.0827. The summed E-state index contributed by atoms with van der Waals surface area (Å²) in [7, 11) is 0. The molecule has 2 N–H and O–H groups in total. The molecule has 1 fully saturated rings. The molecule has 0 aliphatic carbocycles. The van der Waals surface area contributed by atoms with Crippen LogP contribution in [0.25, 0.3) is 0 Å². The first-order valence-corrected chi connectivity index (χ1v) is 7.17. The van der Waals surface area contributed by atoms with Gasteiger partial charge in [-0.2, -0.15) is 0 Å². The van der Waals surface area contributed by atoms with E-state index in [9.17, 15) is 4.79 Å². The fourth-order valence-corrected chi connectivity index (χ4v) is 2.65. The van der Waals surface area contributed by atoms with Crippen molar-refractivity contribution in [2.45, 2.75) is 51.5 Å². The van der Waals surface area contributed by atoms with Crippen LogP contribution in [-0.4, -0.2) is 28.7 Å². The van der Waals surface area contributed by atoms with E-state index in [-0.39, 0.29) is 17.4 Å². The Kier molecular flexibility index (Phi) is 3.97. The summed E-state index contributed by atoms with van der Waals surface area (Å²) < 4.78 is 0. The lowest BCUT2D eigenvalue weighted by molar-refractivity contribution is -0.118. The van der Waals surface area contributed by atoms with Crippen molar-refractivity contribution in [3.05, 3.63) is 5.01 Å². The first-order chi connectivity index (χ1) is 8.47. The molecular formula is C12H20N4OS. The number of piperidine rings is 1. The lowest BCUT2D eigenvalue weighted by atomic mass is 9.98. The molecule has 1 saturated heterocycles. The Bertz CT molecular complexity index is 418. The molecular weight excluding hydrogens is 248 g/mol. The summed E-state index contributed by atoms with van der Waals surface area (Å²) in [5.41, 5.74) is -0.0241. The molecule has 1 aromatic rings. The molecule has 0 spiro atoms. The van der Waals surface area contributed by atoms with Crippen molar-refractivity contribution < 1.29 is 4.79 Å². The van der Waals surface area contributed by atoms with E-state index in [0.29, 0.717) is 5.13 Å². The molecule has 100 valence electrons. The van der Waals surface area contributed by atoms with E-state index < -0.39 is 0 Å². The Hall–Kier alpha value is -1.01. The van der Waals surface area contributed by atoms with Crippen molar-refractivity contribution in [3.8, 4) is 0 Å². The highest BCUT2D eigenvalue weighted by atomic mass is 32.1. The molecule has 1 atom stereocenters. The first-order valence-electron chi connectivity index (χ1n) is 6.35. The summed E-state index contributed by atoms with van der Waals surface area (Å²) >= 11 is 1.45. The van der Waals surface area contributed by atoms with Crippen molar-refractivity contribution in [2.75, 3.05) is 11.9 Å². The normalized spacial score (nSPS) is 20.7. The van der Waals surface area contributed by atoms with Gasteiger partial charge >= 0.3 is 0 Å². The zero-order valence-electron chi connectivity index (χ0n) is 11.1. The number of amides is 1. The molecule has 1 amide bonds. The molecule has 1 aliphatic heterocycles. The van der Waals surface area contributed by atoms with E-state index in [0.717, 1.165) is 30.8 Å². The fourth-order valence-electron chi connectivity index (χ4n) is 1.84. The molecule has 1 aromatic heterocycles. The fraction of sp³-hybridized carbons (Fsp3) is 0.750. The van der Waals surface area contributed by atoms with E-state index in [1.54, 1.807) is 0 Å². The van der Waals surface area contributed by atoms with Crippen LogP contribution in [0, 0.1) is 0 Å². The lowest BCUT2D eigenvalue weighted by Crippen LogP contribution is -2.43. The quantitative estimate of drug-likeness (QED) is 0.860. The third-order valence-electron chi connectivity index (χ3n) is 2.92. The second-order valence-electron chi connectivity index (χ2n) is 5.65. The number of hydrogen-bond acceptors (Lipinski definition) is 5. The average Bonchev–Trinajstić information content (AvgIpc) is 2.78. The van der Waals surface area contributed by atoms with Gasteiger partial charge in [0, 0.05) is 5.41 Å². The summed E-state index contributed by atoms with van der Waals surface area (Å²) in [5, 5.41) is 15.7. The Balaban J connectivity index is 1.96. The largest absolute Gasteiger partial charge is 0.306 e. The van der Waals surface area contributed by atoms with Crippen molar-refractivity contribution in [1.29, 1.82) is 0 Å². The Morgan fingerprint density at radius 3 is 2.72 bits per heavy atom. The van der Waals surface area contributed by atoms with E-state index in [2.05, 4.69) is 41.6 Å².